The summed E-state index contributed by atoms with van der Waals surface area (Å²) in [6.07, 6.45) is 1.00. The normalized spacial score (nSPS) is 11.6. The largest absolute Gasteiger partial charge is 0.494 e. The Morgan fingerprint density at radius 1 is 0.882 bits per heavy atom. The van der Waals surface area contributed by atoms with Crippen molar-refractivity contribution in [3.63, 3.8) is 0 Å². The Bertz CT molecular complexity index is 996. The van der Waals surface area contributed by atoms with Crippen LogP contribution in [0.1, 0.15) is 39.7 Å². The molecule has 0 fully saturated rings. The lowest BCUT2D eigenvalue weighted by Gasteiger charge is -2.30. The summed E-state index contributed by atoms with van der Waals surface area (Å²) in [6, 6.07) is 26.7. The summed E-state index contributed by atoms with van der Waals surface area (Å²) in [5, 5.41) is 4.14. The Balaban J connectivity index is 0.00000408. The minimum absolute atomic E-state index is 0. The molecule has 0 saturated carbocycles. The minimum atomic E-state index is 0. The summed E-state index contributed by atoms with van der Waals surface area (Å²) >= 11 is 6.02. The number of amidine groups is 1. The van der Waals surface area contributed by atoms with Crippen LogP contribution in [0.15, 0.2) is 83.9 Å². The average molecular weight is 501 g/mol. The number of nitrogens with zero attached hydrogens (tertiary/aromatic N) is 2. The third-order valence-electron chi connectivity index (χ3n) is 5.39. The van der Waals surface area contributed by atoms with E-state index in [9.17, 15) is 0 Å². The minimum Gasteiger partial charge on any atom is -0.494 e. The van der Waals surface area contributed by atoms with Gasteiger partial charge in [-0.3, -0.25) is 4.90 Å². The summed E-state index contributed by atoms with van der Waals surface area (Å²) in [5.74, 6) is 1.64. The number of hydrogen-bond acceptors (Lipinski definition) is 3. The van der Waals surface area contributed by atoms with Gasteiger partial charge in [0.15, 0.2) is 0 Å². The van der Waals surface area contributed by atoms with Gasteiger partial charge >= 0.3 is 0 Å². The number of nitrogens with one attached hydrogen (secondary N) is 1. The summed E-state index contributed by atoms with van der Waals surface area (Å²) in [6.45, 7) is 10.7. The lowest BCUT2D eigenvalue weighted by Crippen LogP contribution is -2.38. The Labute approximate surface area is 215 Å². The van der Waals surface area contributed by atoms with Crippen molar-refractivity contribution in [1.82, 2.24) is 4.90 Å². The van der Waals surface area contributed by atoms with Crippen molar-refractivity contribution in [3.05, 3.63) is 89.4 Å². The van der Waals surface area contributed by atoms with Gasteiger partial charge in [-0.2, -0.15) is 0 Å². The van der Waals surface area contributed by atoms with Crippen LogP contribution in [0.3, 0.4) is 0 Å². The molecule has 182 valence electrons. The van der Waals surface area contributed by atoms with Crippen LogP contribution in [0.25, 0.3) is 0 Å². The molecule has 0 aliphatic carbocycles. The van der Waals surface area contributed by atoms with Crippen molar-refractivity contribution in [3.8, 4) is 5.75 Å². The lowest BCUT2D eigenvalue weighted by molar-refractivity contribution is 0.160. The van der Waals surface area contributed by atoms with E-state index in [2.05, 4.69) is 37.9 Å². The highest BCUT2D eigenvalue weighted by atomic mass is 35.5. The third kappa shape index (κ3) is 8.68. The molecule has 0 atom stereocenters. The highest BCUT2D eigenvalue weighted by Crippen LogP contribution is 2.21. The third-order valence-corrected chi connectivity index (χ3v) is 5.64. The van der Waals surface area contributed by atoms with E-state index in [-0.39, 0.29) is 12.4 Å². The van der Waals surface area contributed by atoms with Crippen LogP contribution in [0.4, 0.5) is 11.4 Å². The van der Waals surface area contributed by atoms with Gasteiger partial charge in [0.2, 0.25) is 0 Å². The highest BCUT2D eigenvalue weighted by Gasteiger charge is 2.12. The van der Waals surface area contributed by atoms with E-state index >= 15 is 0 Å². The maximum absolute atomic E-state index is 6.02. The van der Waals surface area contributed by atoms with E-state index in [1.165, 1.54) is 0 Å². The molecular formula is C28H35Cl2N3O. The molecule has 0 aromatic heterocycles. The van der Waals surface area contributed by atoms with Crippen LogP contribution >= 0.6 is 24.0 Å². The number of benzene rings is 3. The van der Waals surface area contributed by atoms with Crippen molar-refractivity contribution >= 4 is 41.2 Å². The Morgan fingerprint density at radius 3 is 2.09 bits per heavy atom. The maximum atomic E-state index is 6.02. The molecule has 3 aromatic rings. The zero-order chi connectivity index (χ0) is 23.6. The van der Waals surface area contributed by atoms with E-state index < -0.39 is 0 Å². The monoisotopic (exact) mass is 499 g/mol. The fourth-order valence-corrected chi connectivity index (χ4v) is 3.85. The molecule has 0 radical (unpaired) electrons. The zero-order valence-electron chi connectivity index (χ0n) is 20.4. The molecule has 0 spiro atoms. The Morgan fingerprint density at radius 2 is 1.50 bits per heavy atom. The molecule has 0 amide bonds. The molecule has 0 bridgehead atoms. The first kappa shape index (κ1) is 27.7. The van der Waals surface area contributed by atoms with Crippen LogP contribution in [0.2, 0.25) is 5.02 Å². The van der Waals surface area contributed by atoms with Gasteiger partial charge in [-0.25, -0.2) is 4.99 Å². The van der Waals surface area contributed by atoms with E-state index in [1.807, 2.05) is 78.9 Å². The molecule has 1 N–H and O–H groups in total. The molecule has 4 nitrogen and oxygen atoms in total. The fourth-order valence-electron chi connectivity index (χ4n) is 3.73. The summed E-state index contributed by atoms with van der Waals surface area (Å²) in [4.78, 5) is 7.29. The number of aliphatic imine (C=N–C) groups is 1. The molecular weight excluding hydrogens is 465 g/mol. The van der Waals surface area contributed by atoms with Crippen LogP contribution in [0, 0.1) is 0 Å². The lowest BCUT2D eigenvalue weighted by atomic mass is 10.2. The maximum Gasteiger partial charge on any atom is 0.138 e. The van der Waals surface area contributed by atoms with Crippen LogP contribution in [-0.4, -0.2) is 36.0 Å². The van der Waals surface area contributed by atoms with Gasteiger partial charge in [-0.15, -0.1) is 12.4 Å². The van der Waals surface area contributed by atoms with Gasteiger partial charge in [0.25, 0.3) is 0 Å². The summed E-state index contributed by atoms with van der Waals surface area (Å²) in [7, 11) is 0. The molecule has 0 saturated heterocycles. The zero-order valence-corrected chi connectivity index (χ0v) is 21.9. The highest BCUT2D eigenvalue weighted by molar-refractivity contribution is 6.30. The molecule has 0 aliphatic heterocycles. The molecule has 0 heterocycles. The predicted octanol–water partition coefficient (Wildman–Crippen LogP) is 7.84. The standard InChI is InChI=1S/C28H34ClN3O.ClH/c1-21(2)32(22(3)4)19-8-20-33-27-17-15-26(16-18-27)31-28(23-9-6-5-7-10-23)30-25-13-11-24(29)12-14-25;/h5-7,9-18,21-22H,8,19-20H2,1-4H3,(H,30,31);1H. The van der Waals surface area contributed by atoms with Crippen LogP contribution < -0.4 is 10.1 Å². The molecule has 0 aliphatic rings. The second kappa shape index (κ2) is 14.0. The fraction of sp³-hybridized carbons (Fsp3) is 0.321. The summed E-state index contributed by atoms with van der Waals surface area (Å²) in [5.41, 5.74) is 2.79. The quantitative estimate of drug-likeness (QED) is 0.175. The Hall–Kier alpha value is -2.53. The first-order chi connectivity index (χ1) is 15.9. The van der Waals surface area contributed by atoms with Crippen molar-refractivity contribution < 1.29 is 4.74 Å². The first-order valence-electron chi connectivity index (χ1n) is 11.6. The van der Waals surface area contributed by atoms with Gasteiger partial charge in [0, 0.05) is 34.9 Å². The first-order valence-corrected chi connectivity index (χ1v) is 12.0. The van der Waals surface area contributed by atoms with Crippen molar-refractivity contribution in [1.29, 1.82) is 0 Å². The van der Waals surface area contributed by atoms with E-state index in [1.54, 1.807) is 0 Å². The van der Waals surface area contributed by atoms with Crippen LogP contribution in [-0.2, 0) is 0 Å². The Kier molecular flexibility index (Phi) is 11.4. The molecule has 3 aromatic carbocycles. The topological polar surface area (TPSA) is 36.9 Å². The number of halogens is 2. The number of rotatable bonds is 10. The van der Waals surface area contributed by atoms with Crippen molar-refractivity contribution in [2.24, 2.45) is 4.99 Å². The number of hydrogen-bond donors (Lipinski definition) is 1. The SMILES string of the molecule is CC(C)N(CCCOc1ccc(NC(=Nc2ccc(Cl)cc2)c2ccccc2)cc1)C(C)C.Cl. The second-order valence-corrected chi connectivity index (χ2v) is 9.02. The van der Waals surface area contributed by atoms with Gasteiger partial charge in [-0.05, 0) is 82.6 Å². The average Bonchev–Trinajstić information content (AvgIpc) is 2.81. The number of anilines is 1. The summed E-state index contributed by atoms with van der Waals surface area (Å²) < 4.78 is 5.97. The second-order valence-electron chi connectivity index (χ2n) is 8.58. The van der Waals surface area contributed by atoms with Crippen molar-refractivity contribution in [2.45, 2.75) is 46.2 Å². The molecule has 3 rings (SSSR count). The smallest absolute Gasteiger partial charge is 0.138 e. The molecule has 6 heteroatoms. The van der Waals surface area contributed by atoms with Crippen LogP contribution in [0.5, 0.6) is 5.75 Å². The molecule has 34 heavy (non-hydrogen) atoms. The van der Waals surface area contributed by atoms with E-state index in [4.69, 9.17) is 21.3 Å². The number of ether oxygens (including phenoxy) is 1. The van der Waals surface area contributed by atoms with Crippen molar-refractivity contribution in [2.75, 3.05) is 18.5 Å². The van der Waals surface area contributed by atoms with Gasteiger partial charge in [-0.1, -0.05) is 41.9 Å². The molecule has 0 unspecified atom stereocenters. The van der Waals surface area contributed by atoms with E-state index in [0.29, 0.717) is 23.7 Å². The van der Waals surface area contributed by atoms with E-state index in [0.717, 1.165) is 41.5 Å². The van der Waals surface area contributed by atoms with Gasteiger partial charge < -0.3 is 10.1 Å². The predicted molar refractivity (Wildman–Crippen MR) is 148 cm³/mol. The van der Waals surface area contributed by atoms with Gasteiger partial charge in [0.1, 0.15) is 11.6 Å². The van der Waals surface area contributed by atoms with Gasteiger partial charge in [0.05, 0.1) is 12.3 Å².